The molecule has 1 aliphatic rings. The quantitative estimate of drug-likeness (QED) is 0.544. The van der Waals surface area contributed by atoms with E-state index in [9.17, 15) is 0 Å². The maximum absolute atomic E-state index is 4.29. The van der Waals surface area contributed by atoms with Crippen LogP contribution in [-0.4, -0.2) is 4.98 Å². The first-order valence-corrected chi connectivity index (χ1v) is 4.02. The summed E-state index contributed by atoms with van der Waals surface area (Å²) >= 11 is 0. The Hall–Kier alpha value is -1.44. The average Bonchev–Trinajstić information content (AvgIpc) is 2.25. The molecule has 1 aliphatic heterocycles. The van der Waals surface area contributed by atoms with Crippen LogP contribution in [0.5, 0.6) is 0 Å². The van der Waals surface area contributed by atoms with E-state index in [0.717, 1.165) is 10.6 Å². The molecule has 1 aromatic rings. The molecule has 12 heavy (non-hydrogen) atoms. The van der Waals surface area contributed by atoms with E-state index in [1.807, 2.05) is 18.5 Å². The third-order valence-electron chi connectivity index (χ3n) is 1.87. The van der Waals surface area contributed by atoms with Crippen molar-refractivity contribution < 1.29 is 0 Å². The van der Waals surface area contributed by atoms with Crippen molar-refractivity contribution in [1.82, 2.24) is 4.98 Å². The van der Waals surface area contributed by atoms with Gasteiger partial charge in [0.05, 0.1) is 5.36 Å². The van der Waals surface area contributed by atoms with E-state index >= 15 is 0 Å². The monoisotopic (exact) mass is 158 g/mol. The molecule has 2 heteroatoms. The van der Waals surface area contributed by atoms with E-state index in [0.29, 0.717) is 5.92 Å². The number of allylic oxidation sites excluding steroid dienone is 1. The predicted octanol–water partition coefficient (Wildman–Crippen LogP) is 0.645. The van der Waals surface area contributed by atoms with Gasteiger partial charge in [0.15, 0.2) is 0 Å². The number of nitrogens with zero attached hydrogens (tertiary/aromatic N) is 2. The van der Waals surface area contributed by atoms with E-state index in [1.54, 1.807) is 6.20 Å². The molecule has 2 nitrogen and oxygen atoms in total. The highest BCUT2D eigenvalue weighted by Crippen LogP contribution is 1.99. The Kier molecular flexibility index (Phi) is 1.74. The fraction of sp³-hybridized carbons (Fsp3) is 0.200. The van der Waals surface area contributed by atoms with Crippen molar-refractivity contribution in [2.24, 2.45) is 10.9 Å². The Balaban J connectivity index is 2.75. The van der Waals surface area contributed by atoms with E-state index in [2.05, 4.69) is 29.1 Å². The van der Waals surface area contributed by atoms with Gasteiger partial charge in [0.25, 0.3) is 0 Å². The maximum atomic E-state index is 4.29. The Morgan fingerprint density at radius 1 is 1.42 bits per heavy atom. The number of hydrogen-bond donors (Lipinski definition) is 0. The van der Waals surface area contributed by atoms with E-state index in [4.69, 9.17) is 0 Å². The van der Waals surface area contributed by atoms with Gasteiger partial charge in [-0.3, -0.25) is 9.98 Å². The molecule has 0 saturated carbocycles. The maximum Gasteiger partial charge on any atom is 0.0729 e. The SMILES string of the molecule is CC1C=CN=c2ccncc2=C1. The molecule has 0 fully saturated rings. The number of fused-ring (bicyclic) bond motifs is 1. The minimum absolute atomic E-state index is 0.444. The summed E-state index contributed by atoms with van der Waals surface area (Å²) in [5.41, 5.74) is 0. The van der Waals surface area contributed by atoms with Crippen LogP contribution < -0.4 is 10.6 Å². The zero-order chi connectivity index (χ0) is 8.39. The topological polar surface area (TPSA) is 25.2 Å². The Labute approximate surface area is 71.0 Å². The lowest BCUT2D eigenvalue weighted by atomic mass is 10.1. The molecule has 0 aromatic carbocycles. The van der Waals surface area contributed by atoms with E-state index in [-0.39, 0.29) is 0 Å². The second-order valence-corrected chi connectivity index (χ2v) is 2.93. The number of hydrogen-bond acceptors (Lipinski definition) is 2. The summed E-state index contributed by atoms with van der Waals surface area (Å²) < 4.78 is 0. The molecule has 1 atom stereocenters. The largest absolute Gasteiger partial charge is 0.264 e. The van der Waals surface area contributed by atoms with Gasteiger partial charge in [-0.15, -0.1) is 0 Å². The van der Waals surface area contributed by atoms with E-state index in [1.165, 1.54) is 0 Å². The summed E-state index contributed by atoms with van der Waals surface area (Å²) in [5.74, 6) is 0.444. The van der Waals surface area contributed by atoms with Gasteiger partial charge < -0.3 is 0 Å². The van der Waals surface area contributed by atoms with Crippen LogP contribution in [0.3, 0.4) is 0 Å². The van der Waals surface area contributed by atoms with Gasteiger partial charge in [0.2, 0.25) is 0 Å². The average molecular weight is 158 g/mol. The van der Waals surface area contributed by atoms with Crippen molar-refractivity contribution in [3.05, 3.63) is 41.3 Å². The van der Waals surface area contributed by atoms with Crippen LogP contribution in [0.1, 0.15) is 6.92 Å². The minimum Gasteiger partial charge on any atom is -0.264 e. The molecule has 0 radical (unpaired) electrons. The van der Waals surface area contributed by atoms with Crippen molar-refractivity contribution in [3.8, 4) is 0 Å². The third kappa shape index (κ3) is 1.28. The Bertz CT molecular complexity index is 418. The first-order chi connectivity index (χ1) is 5.86. The Morgan fingerprint density at radius 2 is 2.33 bits per heavy atom. The summed E-state index contributed by atoms with van der Waals surface area (Å²) in [5, 5.41) is 2.13. The summed E-state index contributed by atoms with van der Waals surface area (Å²) in [4.78, 5) is 8.34. The van der Waals surface area contributed by atoms with E-state index < -0.39 is 0 Å². The first-order valence-electron chi connectivity index (χ1n) is 4.02. The molecule has 0 aliphatic carbocycles. The molecule has 0 N–H and O–H groups in total. The van der Waals surface area contributed by atoms with Crippen molar-refractivity contribution in [2.75, 3.05) is 0 Å². The number of aromatic nitrogens is 1. The van der Waals surface area contributed by atoms with Gasteiger partial charge >= 0.3 is 0 Å². The Morgan fingerprint density at radius 3 is 3.25 bits per heavy atom. The highest BCUT2D eigenvalue weighted by atomic mass is 14.7. The molecular formula is C10H10N2. The second kappa shape index (κ2) is 2.89. The minimum atomic E-state index is 0.444. The predicted molar refractivity (Wildman–Crippen MR) is 47.8 cm³/mol. The fourth-order valence-electron chi connectivity index (χ4n) is 1.24. The lowest BCUT2D eigenvalue weighted by molar-refractivity contribution is 0.994. The van der Waals surface area contributed by atoms with Crippen molar-refractivity contribution >= 4 is 6.08 Å². The fourth-order valence-corrected chi connectivity index (χ4v) is 1.24. The summed E-state index contributed by atoms with van der Waals surface area (Å²) in [6.07, 6.45) is 9.70. The molecule has 0 amide bonds. The molecule has 1 unspecified atom stereocenters. The zero-order valence-electron chi connectivity index (χ0n) is 6.94. The molecule has 0 spiro atoms. The lowest BCUT2D eigenvalue weighted by Crippen LogP contribution is -2.24. The first kappa shape index (κ1) is 7.22. The van der Waals surface area contributed by atoms with Crippen LogP contribution in [-0.2, 0) is 0 Å². The highest BCUT2D eigenvalue weighted by Gasteiger charge is 1.94. The number of pyridine rings is 1. The number of rotatable bonds is 0. The molecule has 2 heterocycles. The highest BCUT2D eigenvalue weighted by molar-refractivity contribution is 5.29. The van der Waals surface area contributed by atoms with Crippen molar-refractivity contribution in [1.29, 1.82) is 0 Å². The molecule has 0 bridgehead atoms. The van der Waals surface area contributed by atoms with Gasteiger partial charge in [-0.25, -0.2) is 0 Å². The summed E-state index contributed by atoms with van der Waals surface area (Å²) in [7, 11) is 0. The standard InChI is InChI=1S/C10H10N2/c1-8-2-5-12-10-3-4-11-7-9(10)6-8/h2-8H,1H3. The van der Waals surface area contributed by atoms with Crippen molar-refractivity contribution in [2.45, 2.75) is 6.92 Å². The molecule has 0 saturated heterocycles. The smallest absolute Gasteiger partial charge is 0.0729 e. The van der Waals surface area contributed by atoms with Crippen LogP contribution in [0.25, 0.3) is 6.08 Å². The molecule has 60 valence electrons. The molecular weight excluding hydrogens is 148 g/mol. The second-order valence-electron chi connectivity index (χ2n) is 2.93. The summed E-state index contributed by atoms with van der Waals surface area (Å²) in [6, 6.07) is 1.92. The van der Waals surface area contributed by atoms with Crippen LogP contribution in [0.4, 0.5) is 0 Å². The van der Waals surface area contributed by atoms with Gasteiger partial charge in [0.1, 0.15) is 0 Å². The van der Waals surface area contributed by atoms with Crippen LogP contribution >= 0.6 is 0 Å². The molecule has 2 rings (SSSR count). The zero-order valence-corrected chi connectivity index (χ0v) is 6.94. The van der Waals surface area contributed by atoms with Crippen LogP contribution in [0, 0.1) is 5.92 Å². The van der Waals surface area contributed by atoms with Gasteiger partial charge in [0, 0.05) is 23.8 Å². The van der Waals surface area contributed by atoms with Gasteiger partial charge in [-0.2, -0.15) is 0 Å². The van der Waals surface area contributed by atoms with Crippen molar-refractivity contribution in [3.63, 3.8) is 0 Å². The molecule has 1 aromatic heterocycles. The van der Waals surface area contributed by atoms with Gasteiger partial charge in [-0.05, 0) is 12.0 Å². The van der Waals surface area contributed by atoms with Gasteiger partial charge in [-0.1, -0.05) is 19.1 Å². The third-order valence-corrected chi connectivity index (χ3v) is 1.87. The lowest BCUT2D eigenvalue weighted by Gasteiger charge is -1.92. The van der Waals surface area contributed by atoms with Crippen LogP contribution in [0.15, 0.2) is 35.7 Å². The summed E-state index contributed by atoms with van der Waals surface area (Å²) in [6.45, 7) is 2.13. The van der Waals surface area contributed by atoms with Crippen LogP contribution in [0.2, 0.25) is 0 Å². The normalized spacial score (nSPS) is 20.2.